The summed E-state index contributed by atoms with van der Waals surface area (Å²) in [6.07, 6.45) is 2.78. The number of benzene rings is 2. The summed E-state index contributed by atoms with van der Waals surface area (Å²) >= 11 is 6.11. The first-order valence-electron chi connectivity index (χ1n) is 10.0. The van der Waals surface area contributed by atoms with Crippen LogP contribution in [-0.4, -0.2) is 49.7 Å². The molecule has 2 heterocycles. The summed E-state index contributed by atoms with van der Waals surface area (Å²) in [5, 5.41) is 0.233. The van der Waals surface area contributed by atoms with Gasteiger partial charge in [0.1, 0.15) is 4.90 Å². The van der Waals surface area contributed by atoms with Crippen molar-refractivity contribution < 1.29 is 13.2 Å². The van der Waals surface area contributed by atoms with Crippen LogP contribution in [0.1, 0.15) is 24.8 Å². The van der Waals surface area contributed by atoms with Gasteiger partial charge in [0.25, 0.3) is 0 Å². The van der Waals surface area contributed by atoms with Crippen molar-refractivity contribution in [1.82, 2.24) is 9.21 Å². The number of sulfonamides is 1. The molecule has 0 radical (unpaired) electrons. The highest BCUT2D eigenvalue weighted by molar-refractivity contribution is 7.89. The van der Waals surface area contributed by atoms with E-state index in [0.717, 1.165) is 19.4 Å². The molecule has 7 heteroatoms. The Kier molecular flexibility index (Phi) is 5.69. The number of hydrogen-bond donors (Lipinski definition) is 0. The normalized spacial score (nSPS) is 19.8. The minimum atomic E-state index is -3.64. The zero-order valence-electron chi connectivity index (χ0n) is 16.3. The van der Waals surface area contributed by atoms with Crippen molar-refractivity contribution in [2.24, 2.45) is 5.41 Å². The third-order valence-corrected chi connectivity index (χ3v) is 8.65. The van der Waals surface area contributed by atoms with Crippen molar-refractivity contribution in [3.8, 4) is 0 Å². The second-order valence-electron chi connectivity index (χ2n) is 7.89. The summed E-state index contributed by atoms with van der Waals surface area (Å²) in [4.78, 5) is 15.2. The molecule has 0 atom stereocenters. The van der Waals surface area contributed by atoms with Gasteiger partial charge in [-0.05, 0) is 43.4 Å². The van der Waals surface area contributed by atoms with Gasteiger partial charge in [0.2, 0.25) is 15.9 Å². The number of piperidine rings is 1. The Morgan fingerprint density at radius 2 is 1.52 bits per heavy atom. The quantitative estimate of drug-likeness (QED) is 0.725. The maximum Gasteiger partial charge on any atom is 0.244 e. The van der Waals surface area contributed by atoms with Gasteiger partial charge in [-0.1, -0.05) is 54.1 Å². The first-order valence-corrected chi connectivity index (χ1v) is 11.8. The maximum atomic E-state index is 13.1. The van der Waals surface area contributed by atoms with Crippen LogP contribution in [0, 0.1) is 5.41 Å². The number of rotatable bonds is 5. The van der Waals surface area contributed by atoms with Gasteiger partial charge in [-0.15, -0.1) is 0 Å². The van der Waals surface area contributed by atoms with Crippen molar-refractivity contribution in [3.05, 3.63) is 65.2 Å². The van der Waals surface area contributed by atoms with Crippen molar-refractivity contribution in [2.45, 2.75) is 30.6 Å². The minimum absolute atomic E-state index is 0.139. The molecular weight excluding hydrogens is 408 g/mol. The Hall–Kier alpha value is -1.89. The fraction of sp³-hybridized carbons (Fsp3) is 0.409. The van der Waals surface area contributed by atoms with Gasteiger partial charge < -0.3 is 4.90 Å². The van der Waals surface area contributed by atoms with Crippen LogP contribution in [0.5, 0.6) is 0 Å². The lowest BCUT2D eigenvalue weighted by Crippen LogP contribution is -2.46. The molecule has 5 nitrogen and oxygen atoms in total. The predicted octanol–water partition coefficient (Wildman–Crippen LogP) is 3.59. The summed E-state index contributed by atoms with van der Waals surface area (Å²) in [6, 6.07) is 16.7. The van der Waals surface area contributed by atoms with Gasteiger partial charge in [-0.25, -0.2) is 8.42 Å². The number of nitrogens with zero attached hydrogens (tertiary/aromatic N) is 2. The van der Waals surface area contributed by atoms with E-state index < -0.39 is 15.4 Å². The van der Waals surface area contributed by atoms with Crippen molar-refractivity contribution in [2.75, 3.05) is 26.2 Å². The highest BCUT2D eigenvalue weighted by Gasteiger charge is 2.49. The average Bonchev–Trinajstić information content (AvgIpc) is 3.03. The van der Waals surface area contributed by atoms with Crippen LogP contribution >= 0.6 is 11.6 Å². The van der Waals surface area contributed by atoms with Crippen molar-refractivity contribution >= 4 is 27.5 Å². The molecule has 1 spiro atoms. The maximum absolute atomic E-state index is 13.1. The molecule has 0 aromatic heterocycles. The third-order valence-electron chi connectivity index (χ3n) is 6.25. The summed E-state index contributed by atoms with van der Waals surface area (Å²) in [6.45, 7) is 2.17. The van der Waals surface area contributed by atoms with E-state index >= 15 is 0 Å². The molecule has 0 N–H and O–H groups in total. The molecule has 2 fully saturated rings. The van der Waals surface area contributed by atoms with Gasteiger partial charge in [0.05, 0.1) is 10.4 Å². The van der Waals surface area contributed by atoms with E-state index in [0.29, 0.717) is 32.5 Å². The number of likely N-dealkylation sites (tertiary alicyclic amines) is 1. The number of halogens is 1. The molecule has 1 amide bonds. The van der Waals surface area contributed by atoms with E-state index in [-0.39, 0.29) is 15.8 Å². The van der Waals surface area contributed by atoms with E-state index in [9.17, 15) is 13.2 Å². The summed E-state index contributed by atoms with van der Waals surface area (Å²) in [5.74, 6) is 0.184. The number of hydrogen-bond acceptors (Lipinski definition) is 3. The third kappa shape index (κ3) is 3.93. The lowest BCUT2D eigenvalue weighted by Gasteiger charge is -2.37. The molecule has 2 aliphatic rings. The van der Waals surface area contributed by atoms with E-state index in [4.69, 9.17) is 11.6 Å². The summed E-state index contributed by atoms with van der Waals surface area (Å²) < 4.78 is 27.4. The minimum Gasteiger partial charge on any atom is -0.342 e. The summed E-state index contributed by atoms with van der Waals surface area (Å²) in [5.41, 5.74) is 0.810. The fourth-order valence-electron chi connectivity index (χ4n) is 4.43. The van der Waals surface area contributed by atoms with E-state index in [2.05, 4.69) is 12.1 Å². The van der Waals surface area contributed by atoms with Crippen molar-refractivity contribution in [3.63, 3.8) is 0 Å². The average molecular weight is 433 g/mol. The lowest BCUT2D eigenvalue weighted by atomic mass is 9.77. The molecule has 29 heavy (non-hydrogen) atoms. The van der Waals surface area contributed by atoms with Crippen LogP contribution in [0.25, 0.3) is 0 Å². The van der Waals surface area contributed by atoms with Gasteiger partial charge in [-0.3, -0.25) is 4.79 Å². The number of carbonyl (C=O) groups excluding carboxylic acids is 1. The van der Waals surface area contributed by atoms with Crippen LogP contribution in [-0.2, 0) is 21.2 Å². The molecular formula is C22H25ClN2O3S. The fourth-order valence-corrected chi connectivity index (χ4v) is 6.36. The smallest absolute Gasteiger partial charge is 0.244 e. The Balaban J connectivity index is 1.40. The highest BCUT2D eigenvalue weighted by atomic mass is 35.5. The van der Waals surface area contributed by atoms with Crippen LogP contribution in [0.2, 0.25) is 5.02 Å². The van der Waals surface area contributed by atoms with Crippen LogP contribution in [0.3, 0.4) is 0 Å². The molecule has 2 aromatic rings. The summed E-state index contributed by atoms with van der Waals surface area (Å²) in [7, 11) is -3.64. The molecule has 2 saturated heterocycles. The molecule has 0 aliphatic carbocycles. The topological polar surface area (TPSA) is 57.7 Å². The second-order valence-corrected chi connectivity index (χ2v) is 10.2. The van der Waals surface area contributed by atoms with Crippen LogP contribution < -0.4 is 0 Å². The molecule has 2 aromatic carbocycles. The first kappa shape index (κ1) is 20.4. The second kappa shape index (κ2) is 8.09. The van der Waals surface area contributed by atoms with Gasteiger partial charge >= 0.3 is 0 Å². The van der Waals surface area contributed by atoms with E-state index in [1.807, 2.05) is 23.1 Å². The molecule has 4 rings (SSSR count). The van der Waals surface area contributed by atoms with E-state index in [1.165, 1.54) is 15.9 Å². The zero-order chi connectivity index (χ0) is 20.5. The van der Waals surface area contributed by atoms with Crippen LogP contribution in [0.15, 0.2) is 59.5 Å². The molecule has 2 aliphatic heterocycles. The van der Waals surface area contributed by atoms with Gasteiger partial charge in [0, 0.05) is 26.2 Å². The zero-order valence-corrected chi connectivity index (χ0v) is 17.8. The largest absolute Gasteiger partial charge is 0.342 e. The number of amides is 1. The van der Waals surface area contributed by atoms with Gasteiger partial charge in [0.15, 0.2) is 0 Å². The Bertz CT molecular complexity index is 986. The standard InChI is InChI=1S/C22H25ClN2O3S/c23-19-8-4-5-9-20(19)29(27,28)25-16-12-22(13-17-25)11-15-24(21(22)26)14-10-18-6-2-1-3-7-18/h1-9H,10-17H2. The molecule has 0 bridgehead atoms. The number of carbonyl (C=O) groups is 1. The Morgan fingerprint density at radius 3 is 2.21 bits per heavy atom. The monoisotopic (exact) mass is 432 g/mol. The lowest BCUT2D eigenvalue weighted by molar-refractivity contribution is -0.137. The molecule has 0 saturated carbocycles. The van der Waals surface area contributed by atoms with Crippen molar-refractivity contribution in [1.29, 1.82) is 0 Å². The van der Waals surface area contributed by atoms with Crippen LogP contribution in [0.4, 0.5) is 0 Å². The highest BCUT2D eigenvalue weighted by Crippen LogP contribution is 2.42. The Morgan fingerprint density at radius 1 is 0.897 bits per heavy atom. The van der Waals surface area contributed by atoms with Gasteiger partial charge in [-0.2, -0.15) is 4.31 Å². The van der Waals surface area contributed by atoms with E-state index in [1.54, 1.807) is 18.2 Å². The first-order chi connectivity index (χ1) is 13.9. The molecule has 154 valence electrons. The SMILES string of the molecule is O=C1N(CCc2ccccc2)CCC12CCN(S(=O)(=O)c1ccccc1Cl)CC2. The predicted molar refractivity (Wildman–Crippen MR) is 113 cm³/mol. The molecule has 0 unspecified atom stereocenters. The Labute approximate surface area is 177 Å².